The van der Waals surface area contributed by atoms with Gasteiger partial charge in [0.15, 0.2) is 0 Å². The number of carbonyl (C=O) groups is 1. The lowest BCUT2D eigenvalue weighted by Gasteiger charge is -2.49. The van der Waals surface area contributed by atoms with E-state index in [0.717, 1.165) is 11.4 Å². The Kier molecular flexibility index (Phi) is 4.81. The van der Waals surface area contributed by atoms with Gasteiger partial charge in [0.1, 0.15) is 5.75 Å². The first-order valence-electron chi connectivity index (χ1n) is 7.01. The van der Waals surface area contributed by atoms with Crippen molar-refractivity contribution in [2.75, 3.05) is 12.0 Å². The van der Waals surface area contributed by atoms with Crippen LogP contribution >= 0.6 is 0 Å². The maximum Gasteiger partial charge on any atom is 0.232 e. The number of hydrogen-bond donors (Lipinski definition) is 1. The number of anilines is 1. The fraction of sp³-hybridized carbons (Fsp3) is 0.353. The molecule has 0 aliphatic carbocycles. The van der Waals surface area contributed by atoms with Crippen molar-refractivity contribution in [1.29, 1.82) is 0 Å². The van der Waals surface area contributed by atoms with Crippen molar-refractivity contribution in [3.8, 4) is 5.75 Å². The Morgan fingerprint density at radius 1 is 1.33 bits per heavy atom. The number of aliphatic hydroxyl groups is 1. The fourth-order valence-corrected chi connectivity index (χ4v) is 2.78. The summed E-state index contributed by atoms with van der Waals surface area (Å²) in [5.74, 6) is 0.547. The van der Waals surface area contributed by atoms with Gasteiger partial charge in [0.2, 0.25) is 5.91 Å². The van der Waals surface area contributed by atoms with Gasteiger partial charge in [0.25, 0.3) is 0 Å². The predicted molar refractivity (Wildman–Crippen MR) is 83.4 cm³/mol. The first kappa shape index (κ1) is 15.3. The Morgan fingerprint density at radius 3 is 2.52 bits per heavy atom. The molecule has 1 N–H and O–H groups in total. The largest absolute Gasteiger partial charge is 0.497 e. The topological polar surface area (TPSA) is 49.8 Å². The number of amides is 1. The molecular formula is C17H21NO3. The van der Waals surface area contributed by atoms with Gasteiger partial charge >= 0.3 is 0 Å². The standard InChI is InChI=1S/C17H21NO3/c1-4-6-14-16(15(19)7-5-2)18(17(14)20)12-8-10-13(21-3)11-9-12/h4-5,8-11,14-16,19H,1-2,6-7H2,3H3/t14-,15-,16-/m1/s1. The summed E-state index contributed by atoms with van der Waals surface area (Å²) in [6.45, 7) is 7.34. The van der Waals surface area contributed by atoms with Gasteiger partial charge in [-0.2, -0.15) is 0 Å². The molecule has 3 atom stereocenters. The molecular weight excluding hydrogens is 266 g/mol. The highest BCUT2D eigenvalue weighted by Gasteiger charge is 2.50. The maximum atomic E-state index is 12.3. The van der Waals surface area contributed by atoms with E-state index in [-0.39, 0.29) is 17.9 Å². The second-order valence-electron chi connectivity index (χ2n) is 5.12. The molecule has 1 amide bonds. The summed E-state index contributed by atoms with van der Waals surface area (Å²) in [7, 11) is 1.60. The third kappa shape index (κ3) is 2.85. The number of carbonyl (C=O) groups excluding carboxylic acids is 1. The predicted octanol–water partition coefficient (Wildman–Crippen LogP) is 2.54. The van der Waals surface area contributed by atoms with Crippen molar-refractivity contribution in [2.24, 2.45) is 5.92 Å². The van der Waals surface area contributed by atoms with Crippen LogP contribution in [0.2, 0.25) is 0 Å². The fourth-order valence-electron chi connectivity index (χ4n) is 2.78. The Hall–Kier alpha value is -2.07. The van der Waals surface area contributed by atoms with Crippen LogP contribution in [-0.4, -0.2) is 30.3 Å². The Labute approximate surface area is 125 Å². The maximum absolute atomic E-state index is 12.3. The Bertz CT molecular complexity index is 523. The van der Waals surface area contributed by atoms with Crippen molar-refractivity contribution >= 4 is 11.6 Å². The summed E-state index contributed by atoms with van der Waals surface area (Å²) in [6, 6.07) is 7.03. The minimum absolute atomic E-state index is 0.0215. The molecule has 0 aromatic heterocycles. The zero-order chi connectivity index (χ0) is 15.4. The number of ether oxygens (including phenoxy) is 1. The average Bonchev–Trinajstić information content (AvgIpc) is 2.50. The third-order valence-corrected chi connectivity index (χ3v) is 3.84. The Morgan fingerprint density at radius 2 is 2.00 bits per heavy atom. The van der Waals surface area contributed by atoms with E-state index in [1.165, 1.54) is 0 Å². The highest BCUT2D eigenvalue weighted by Crippen LogP contribution is 2.38. The summed E-state index contributed by atoms with van der Waals surface area (Å²) in [5.41, 5.74) is 0.772. The van der Waals surface area contributed by atoms with Crippen LogP contribution in [0.4, 0.5) is 5.69 Å². The van der Waals surface area contributed by atoms with Crippen molar-refractivity contribution in [1.82, 2.24) is 0 Å². The van der Waals surface area contributed by atoms with Crippen molar-refractivity contribution in [3.63, 3.8) is 0 Å². The molecule has 0 saturated carbocycles. The van der Waals surface area contributed by atoms with Crippen LogP contribution < -0.4 is 9.64 Å². The van der Waals surface area contributed by atoms with E-state index in [1.807, 2.05) is 12.1 Å². The van der Waals surface area contributed by atoms with Gasteiger partial charge < -0.3 is 14.7 Å². The molecule has 1 aromatic carbocycles. The molecule has 2 rings (SSSR count). The van der Waals surface area contributed by atoms with Gasteiger partial charge in [0, 0.05) is 5.69 Å². The SMILES string of the molecule is C=CC[C@@H](O)[C@H]1[C@@H](CC=C)C(=O)N1c1ccc(OC)cc1. The van der Waals surface area contributed by atoms with Crippen LogP contribution in [0.3, 0.4) is 0 Å². The number of benzene rings is 1. The quantitative estimate of drug-likeness (QED) is 0.619. The van der Waals surface area contributed by atoms with E-state index < -0.39 is 6.10 Å². The second kappa shape index (κ2) is 6.59. The monoisotopic (exact) mass is 287 g/mol. The zero-order valence-electron chi connectivity index (χ0n) is 12.2. The van der Waals surface area contributed by atoms with E-state index >= 15 is 0 Å². The molecule has 0 spiro atoms. The highest BCUT2D eigenvalue weighted by molar-refractivity contribution is 6.03. The molecule has 1 fully saturated rings. The lowest BCUT2D eigenvalue weighted by atomic mass is 9.79. The zero-order valence-corrected chi connectivity index (χ0v) is 12.2. The van der Waals surface area contributed by atoms with E-state index in [1.54, 1.807) is 36.3 Å². The van der Waals surface area contributed by atoms with Crippen LogP contribution in [0.15, 0.2) is 49.6 Å². The lowest BCUT2D eigenvalue weighted by Crippen LogP contribution is -2.65. The molecule has 1 aliphatic heterocycles. The summed E-state index contributed by atoms with van der Waals surface area (Å²) >= 11 is 0. The molecule has 112 valence electrons. The van der Waals surface area contributed by atoms with Crippen LogP contribution in [0.25, 0.3) is 0 Å². The molecule has 21 heavy (non-hydrogen) atoms. The highest BCUT2D eigenvalue weighted by atomic mass is 16.5. The first-order valence-corrected chi connectivity index (χ1v) is 7.01. The number of aliphatic hydroxyl groups excluding tert-OH is 1. The molecule has 4 nitrogen and oxygen atoms in total. The normalized spacial score (nSPS) is 22.4. The van der Waals surface area contributed by atoms with Gasteiger partial charge in [-0.25, -0.2) is 0 Å². The van der Waals surface area contributed by atoms with Crippen molar-refractivity contribution < 1.29 is 14.6 Å². The number of allylic oxidation sites excluding steroid dienone is 1. The molecule has 1 heterocycles. The number of hydrogen-bond acceptors (Lipinski definition) is 3. The van der Waals surface area contributed by atoms with Gasteiger partial charge in [-0.3, -0.25) is 4.79 Å². The van der Waals surface area contributed by atoms with Gasteiger partial charge in [-0.15, -0.1) is 13.2 Å². The van der Waals surface area contributed by atoms with E-state index in [2.05, 4.69) is 13.2 Å². The van der Waals surface area contributed by atoms with Crippen LogP contribution in [0.1, 0.15) is 12.8 Å². The molecule has 4 heteroatoms. The molecule has 1 saturated heterocycles. The van der Waals surface area contributed by atoms with E-state index in [4.69, 9.17) is 4.74 Å². The number of nitrogens with zero attached hydrogens (tertiary/aromatic N) is 1. The van der Waals surface area contributed by atoms with Gasteiger partial charge in [-0.1, -0.05) is 12.2 Å². The third-order valence-electron chi connectivity index (χ3n) is 3.84. The summed E-state index contributed by atoms with van der Waals surface area (Å²) in [5, 5.41) is 10.3. The van der Waals surface area contributed by atoms with E-state index in [0.29, 0.717) is 12.8 Å². The van der Waals surface area contributed by atoms with Gasteiger partial charge in [0.05, 0.1) is 25.2 Å². The minimum atomic E-state index is -0.618. The molecule has 0 radical (unpaired) electrons. The van der Waals surface area contributed by atoms with Crippen molar-refractivity contribution in [3.05, 3.63) is 49.6 Å². The van der Waals surface area contributed by atoms with Crippen LogP contribution in [0, 0.1) is 5.92 Å². The molecule has 0 bridgehead atoms. The number of β-lactam (4-membered cyclic amide) rings is 1. The summed E-state index contributed by atoms with van der Waals surface area (Å²) in [4.78, 5) is 14.0. The van der Waals surface area contributed by atoms with Crippen LogP contribution in [-0.2, 0) is 4.79 Å². The molecule has 0 unspecified atom stereocenters. The molecule has 1 aliphatic rings. The van der Waals surface area contributed by atoms with Gasteiger partial charge in [-0.05, 0) is 37.1 Å². The Balaban J connectivity index is 2.24. The molecule has 1 aromatic rings. The summed E-state index contributed by atoms with van der Waals surface area (Å²) < 4.78 is 5.12. The number of methoxy groups -OCH3 is 1. The van der Waals surface area contributed by atoms with E-state index in [9.17, 15) is 9.90 Å². The minimum Gasteiger partial charge on any atom is -0.497 e. The van der Waals surface area contributed by atoms with Crippen LogP contribution in [0.5, 0.6) is 5.75 Å². The number of rotatable bonds is 7. The summed E-state index contributed by atoms with van der Waals surface area (Å²) in [6.07, 6.45) is 3.81. The average molecular weight is 287 g/mol. The first-order chi connectivity index (χ1) is 10.1. The lowest BCUT2D eigenvalue weighted by molar-refractivity contribution is -0.133. The second-order valence-corrected chi connectivity index (χ2v) is 5.12. The van der Waals surface area contributed by atoms with Crippen molar-refractivity contribution in [2.45, 2.75) is 25.0 Å². The smallest absolute Gasteiger partial charge is 0.232 e.